The van der Waals surface area contributed by atoms with Crippen molar-refractivity contribution in [2.24, 2.45) is 10.9 Å². The number of halogens is 2. The van der Waals surface area contributed by atoms with Crippen molar-refractivity contribution in [3.63, 3.8) is 0 Å². The summed E-state index contributed by atoms with van der Waals surface area (Å²) in [7, 11) is 1.47. The summed E-state index contributed by atoms with van der Waals surface area (Å²) in [6, 6.07) is 4.89. The molecular formula is C22H32F2N4O3. The van der Waals surface area contributed by atoms with Crippen LogP contribution in [0.1, 0.15) is 44.6 Å². The normalized spacial score (nSPS) is 19.7. The van der Waals surface area contributed by atoms with E-state index in [0.29, 0.717) is 30.4 Å². The summed E-state index contributed by atoms with van der Waals surface area (Å²) in [4.78, 5) is 19.2. The molecule has 1 aromatic rings. The van der Waals surface area contributed by atoms with Gasteiger partial charge in [-0.2, -0.15) is 8.78 Å². The first-order valence-corrected chi connectivity index (χ1v) is 11.0. The molecule has 172 valence electrons. The van der Waals surface area contributed by atoms with Gasteiger partial charge in [-0.1, -0.05) is 12.8 Å². The summed E-state index contributed by atoms with van der Waals surface area (Å²) in [5.41, 5.74) is 0.530. The standard InChI is InChI=1S/C22H32F2N4O3/c1-3-25-22(26-13-16-8-9-18(30-2)12-19(16)31-21(23)24)27-17-10-11-28(14-17)20(29)15-6-4-5-7-15/h8-9,12,15,17,21H,3-7,10-11,13-14H2,1-2H3,(H2,25,26,27). The van der Waals surface area contributed by atoms with Gasteiger partial charge in [0.25, 0.3) is 0 Å². The third kappa shape index (κ3) is 6.45. The van der Waals surface area contributed by atoms with E-state index in [-0.39, 0.29) is 30.2 Å². The molecule has 1 heterocycles. The summed E-state index contributed by atoms with van der Waals surface area (Å²) in [5.74, 6) is 1.52. The Bertz CT molecular complexity index is 769. The van der Waals surface area contributed by atoms with E-state index in [9.17, 15) is 13.6 Å². The minimum Gasteiger partial charge on any atom is -0.497 e. The minimum atomic E-state index is -2.93. The maximum atomic E-state index is 12.8. The molecule has 0 spiro atoms. The van der Waals surface area contributed by atoms with Crippen molar-refractivity contribution >= 4 is 11.9 Å². The number of amides is 1. The highest BCUT2D eigenvalue weighted by atomic mass is 19.3. The fraction of sp³-hybridized carbons (Fsp3) is 0.636. The van der Waals surface area contributed by atoms with Gasteiger partial charge in [-0.05, 0) is 38.3 Å². The van der Waals surface area contributed by atoms with Crippen LogP contribution in [0.4, 0.5) is 8.78 Å². The number of methoxy groups -OCH3 is 1. The Balaban J connectivity index is 1.62. The van der Waals surface area contributed by atoms with E-state index in [2.05, 4.69) is 20.4 Å². The molecule has 1 aliphatic carbocycles. The first kappa shape index (κ1) is 23.1. The van der Waals surface area contributed by atoms with Crippen molar-refractivity contribution in [3.8, 4) is 11.5 Å². The number of benzene rings is 1. The van der Waals surface area contributed by atoms with Gasteiger partial charge < -0.3 is 25.0 Å². The molecule has 2 aliphatic rings. The highest BCUT2D eigenvalue weighted by molar-refractivity contribution is 5.81. The highest BCUT2D eigenvalue weighted by Gasteiger charge is 2.32. The van der Waals surface area contributed by atoms with E-state index in [0.717, 1.165) is 38.6 Å². The fourth-order valence-electron chi connectivity index (χ4n) is 4.18. The van der Waals surface area contributed by atoms with Crippen LogP contribution in [0.15, 0.2) is 23.2 Å². The number of rotatable bonds is 8. The van der Waals surface area contributed by atoms with Crippen molar-refractivity contribution in [2.45, 2.75) is 58.2 Å². The zero-order chi connectivity index (χ0) is 22.2. The number of aliphatic imine (C=N–C) groups is 1. The summed E-state index contributed by atoms with van der Waals surface area (Å²) >= 11 is 0. The van der Waals surface area contributed by atoms with Crippen LogP contribution in [0.5, 0.6) is 11.5 Å². The Morgan fingerprint density at radius 3 is 2.74 bits per heavy atom. The molecule has 0 bridgehead atoms. The average Bonchev–Trinajstić information content (AvgIpc) is 3.44. The number of ether oxygens (including phenoxy) is 2. The Labute approximate surface area is 182 Å². The predicted molar refractivity (Wildman–Crippen MR) is 115 cm³/mol. The first-order valence-electron chi connectivity index (χ1n) is 11.0. The van der Waals surface area contributed by atoms with Crippen molar-refractivity contribution < 1.29 is 23.0 Å². The SMILES string of the molecule is CCNC(=NCc1ccc(OC)cc1OC(F)F)NC1CCN(C(=O)C2CCCC2)C1. The zero-order valence-corrected chi connectivity index (χ0v) is 18.2. The number of carbonyl (C=O) groups excluding carboxylic acids is 1. The van der Waals surface area contributed by atoms with Gasteiger partial charge in [0.05, 0.1) is 13.7 Å². The molecule has 0 radical (unpaired) electrons. The van der Waals surface area contributed by atoms with Crippen LogP contribution in [0.2, 0.25) is 0 Å². The van der Waals surface area contributed by atoms with Crippen molar-refractivity contribution in [1.82, 2.24) is 15.5 Å². The Morgan fingerprint density at radius 1 is 1.29 bits per heavy atom. The van der Waals surface area contributed by atoms with Crippen LogP contribution >= 0.6 is 0 Å². The third-order valence-electron chi connectivity index (χ3n) is 5.79. The van der Waals surface area contributed by atoms with Crippen LogP contribution in [-0.2, 0) is 11.3 Å². The lowest BCUT2D eigenvalue weighted by molar-refractivity contribution is -0.134. The van der Waals surface area contributed by atoms with Gasteiger partial charge in [-0.25, -0.2) is 4.99 Å². The summed E-state index contributed by atoms with van der Waals surface area (Å²) in [5, 5.41) is 6.56. The van der Waals surface area contributed by atoms with Crippen LogP contribution in [-0.4, -0.2) is 56.2 Å². The number of carbonyl (C=O) groups is 1. The van der Waals surface area contributed by atoms with Crippen LogP contribution in [0, 0.1) is 5.92 Å². The van der Waals surface area contributed by atoms with Gasteiger partial charge in [0.2, 0.25) is 5.91 Å². The lowest BCUT2D eigenvalue weighted by Crippen LogP contribution is -2.45. The number of nitrogens with zero attached hydrogens (tertiary/aromatic N) is 2. The van der Waals surface area contributed by atoms with Gasteiger partial charge in [-0.15, -0.1) is 0 Å². The molecule has 2 fully saturated rings. The maximum absolute atomic E-state index is 12.8. The molecule has 3 rings (SSSR count). The summed E-state index contributed by atoms with van der Waals surface area (Å²) in [6.07, 6.45) is 5.15. The van der Waals surface area contributed by atoms with E-state index in [1.807, 2.05) is 11.8 Å². The molecule has 1 saturated heterocycles. The lowest BCUT2D eigenvalue weighted by Gasteiger charge is -2.21. The summed E-state index contributed by atoms with van der Waals surface area (Å²) < 4.78 is 35.3. The molecule has 1 aliphatic heterocycles. The molecule has 1 aromatic carbocycles. The number of guanidine groups is 1. The molecule has 7 nitrogen and oxygen atoms in total. The molecule has 31 heavy (non-hydrogen) atoms. The van der Waals surface area contributed by atoms with Crippen LogP contribution in [0.3, 0.4) is 0 Å². The lowest BCUT2D eigenvalue weighted by atomic mass is 10.1. The number of likely N-dealkylation sites (tertiary alicyclic amines) is 1. The van der Waals surface area contributed by atoms with Crippen molar-refractivity contribution in [1.29, 1.82) is 0 Å². The van der Waals surface area contributed by atoms with E-state index >= 15 is 0 Å². The molecule has 1 amide bonds. The summed E-state index contributed by atoms with van der Waals surface area (Å²) in [6.45, 7) is 1.26. The van der Waals surface area contributed by atoms with Gasteiger partial charge in [0.1, 0.15) is 11.5 Å². The molecule has 9 heteroatoms. The first-order chi connectivity index (χ1) is 15.0. The Hall–Kier alpha value is -2.58. The van der Waals surface area contributed by atoms with E-state index in [1.54, 1.807) is 12.1 Å². The fourth-order valence-corrected chi connectivity index (χ4v) is 4.18. The minimum absolute atomic E-state index is 0.0446. The topological polar surface area (TPSA) is 75.2 Å². The second-order valence-corrected chi connectivity index (χ2v) is 7.94. The number of hydrogen-bond donors (Lipinski definition) is 2. The van der Waals surface area contributed by atoms with Gasteiger partial charge in [0.15, 0.2) is 5.96 Å². The monoisotopic (exact) mass is 438 g/mol. The second-order valence-electron chi connectivity index (χ2n) is 7.94. The van der Waals surface area contributed by atoms with Crippen molar-refractivity contribution in [2.75, 3.05) is 26.7 Å². The predicted octanol–water partition coefficient (Wildman–Crippen LogP) is 3.14. The number of alkyl halides is 2. The van der Waals surface area contributed by atoms with E-state index < -0.39 is 6.61 Å². The number of nitrogens with one attached hydrogen (secondary N) is 2. The van der Waals surface area contributed by atoms with Gasteiger partial charge in [0, 0.05) is 43.2 Å². The molecule has 1 atom stereocenters. The highest BCUT2D eigenvalue weighted by Crippen LogP contribution is 2.28. The van der Waals surface area contributed by atoms with E-state index in [1.165, 1.54) is 13.2 Å². The quantitative estimate of drug-likeness (QED) is 0.482. The molecular weight excluding hydrogens is 406 g/mol. The Morgan fingerprint density at radius 2 is 2.06 bits per heavy atom. The van der Waals surface area contributed by atoms with E-state index in [4.69, 9.17) is 4.74 Å². The van der Waals surface area contributed by atoms with Crippen LogP contribution < -0.4 is 20.1 Å². The number of hydrogen-bond acceptors (Lipinski definition) is 4. The zero-order valence-electron chi connectivity index (χ0n) is 18.2. The third-order valence-corrected chi connectivity index (χ3v) is 5.79. The van der Waals surface area contributed by atoms with Crippen LogP contribution in [0.25, 0.3) is 0 Å². The molecule has 2 N–H and O–H groups in total. The molecule has 1 saturated carbocycles. The second kappa shape index (κ2) is 11.2. The van der Waals surface area contributed by atoms with Gasteiger partial charge >= 0.3 is 6.61 Å². The van der Waals surface area contributed by atoms with Gasteiger partial charge in [-0.3, -0.25) is 4.79 Å². The average molecular weight is 439 g/mol. The largest absolute Gasteiger partial charge is 0.497 e. The Kier molecular flexibility index (Phi) is 8.31. The molecule has 0 aromatic heterocycles. The smallest absolute Gasteiger partial charge is 0.387 e. The van der Waals surface area contributed by atoms with Crippen molar-refractivity contribution in [3.05, 3.63) is 23.8 Å². The maximum Gasteiger partial charge on any atom is 0.387 e. The molecule has 1 unspecified atom stereocenters.